The highest BCUT2D eigenvalue weighted by atomic mass is 127. The van der Waals surface area contributed by atoms with E-state index in [1.807, 2.05) is 19.9 Å². The summed E-state index contributed by atoms with van der Waals surface area (Å²) in [4.78, 5) is 15.8. The van der Waals surface area contributed by atoms with Gasteiger partial charge >= 0.3 is 0 Å². The molecule has 25 heavy (non-hydrogen) atoms. The van der Waals surface area contributed by atoms with E-state index in [4.69, 9.17) is 0 Å². The summed E-state index contributed by atoms with van der Waals surface area (Å²) in [5, 5.41) is 9.03. The van der Waals surface area contributed by atoms with Crippen LogP contribution in [0, 0.1) is 5.82 Å². The Labute approximate surface area is 174 Å². The first kappa shape index (κ1) is 24.1. The van der Waals surface area contributed by atoms with E-state index in [1.165, 1.54) is 6.07 Å². The molecule has 1 rings (SSSR count). The lowest BCUT2D eigenvalue weighted by Gasteiger charge is -2.11. The van der Waals surface area contributed by atoms with Crippen molar-refractivity contribution in [3.63, 3.8) is 0 Å². The number of aryl methyl sites for hydroxylation is 1. The topological polar surface area (TPSA) is 65.5 Å². The molecule has 0 aliphatic heterocycles. The molecule has 0 aromatic heterocycles. The van der Waals surface area contributed by atoms with E-state index in [-0.39, 0.29) is 42.2 Å². The Balaban J connectivity index is 0.00000576. The molecule has 0 bridgehead atoms. The molecule has 0 heterocycles. The highest BCUT2D eigenvalue weighted by Gasteiger charge is 2.04. The molecule has 1 aromatic carbocycles. The van der Waals surface area contributed by atoms with Crippen LogP contribution in [0.3, 0.4) is 0 Å². The molecule has 3 N–H and O–H groups in total. The number of carbonyl (C=O) groups excluding carboxylic acids is 1. The third kappa shape index (κ3) is 10.6. The van der Waals surface area contributed by atoms with Gasteiger partial charge in [0.05, 0.1) is 0 Å². The van der Waals surface area contributed by atoms with E-state index >= 15 is 0 Å². The highest BCUT2D eigenvalue weighted by Crippen LogP contribution is 2.16. The second-order valence-electron chi connectivity index (χ2n) is 5.31. The Kier molecular flexibility index (Phi) is 13.8. The molecule has 0 saturated carbocycles. The van der Waals surface area contributed by atoms with Gasteiger partial charge in [-0.2, -0.15) is 0 Å². The number of benzene rings is 1. The van der Waals surface area contributed by atoms with Crippen LogP contribution in [0.5, 0.6) is 0 Å². The Bertz CT molecular complexity index is 557. The number of aliphatic imine (C=N–C) groups is 1. The van der Waals surface area contributed by atoms with Gasteiger partial charge in [0.15, 0.2) is 5.96 Å². The Hall–Kier alpha value is -0.900. The molecule has 0 saturated heterocycles. The van der Waals surface area contributed by atoms with Gasteiger partial charge in [0, 0.05) is 24.1 Å². The lowest BCUT2D eigenvalue weighted by atomic mass is 10.1. The maximum Gasteiger partial charge on any atom is 0.241 e. The monoisotopic (exact) mass is 528 g/mol. The average molecular weight is 529 g/mol. The van der Waals surface area contributed by atoms with Gasteiger partial charge in [0.25, 0.3) is 0 Å². The summed E-state index contributed by atoms with van der Waals surface area (Å²) in [5.74, 6) is 0.309. The van der Waals surface area contributed by atoms with Gasteiger partial charge in [-0.25, -0.2) is 9.38 Å². The number of hydrogen-bond donors (Lipinski definition) is 3. The second kappa shape index (κ2) is 14.3. The van der Waals surface area contributed by atoms with Crippen molar-refractivity contribution in [1.29, 1.82) is 0 Å². The van der Waals surface area contributed by atoms with Crippen molar-refractivity contribution in [1.82, 2.24) is 16.0 Å². The zero-order valence-electron chi connectivity index (χ0n) is 14.7. The predicted octanol–water partition coefficient (Wildman–Crippen LogP) is 3.22. The molecule has 1 aromatic rings. The van der Waals surface area contributed by atoms with Crippen LogP contribution in [0.1, 0.15) is 32.3 Å². The van der Waals surface area contributed by atoms with Crippen molar-refractivity contribution in [2.45, 2.75) is 33.1 Å². The predicted molar refractivity (Wildman–Crippen MR) is 115 cm³/mol. The third-order valence-corrected chi connectivity index (χ3v) is 3.72. The minimum absolute atomic E-state index is 0. The Morgan fingerprint density at radius 2 is 1.96 bits per heavy atom. The van der Waals surface area contributed by atoms with E-state index in [0.29, 0.717) is 37.6 Å². The summed E-state index contributed by atoms with van der Waals surface area (Å²) in [6, 6.07) is 5.10. The Morgan fingerprint density at radius 3 is 2.60 bits per heavy atom. The van der Waals surface area contributed by atoms with Crippen molar-refractivity contribution >= 4 is 51.8 Å². The van der Waals surface area contributed by atoms with Crippen molar-refractivity contribution in [2.75, 3.05) is 26.2 Å². The van der Waals surface area contributed by atoms with E-state index in [9.17, 15) is 9.18 Å². The van der Waals surface area contributed by atoms with Gasteiger partial charge in [-0.15, -0.1) is 24.0 Å². The number of nitrogens with zero attached hydrogens (tertiary/aromatic N) is 1. The largest absolute Gasteiger partial charge is 0.357 e. The molecule has 0 fully saturated rings. The molecular formula is C17H27BrFIN4O. The van der Waals surface area contributed by atoms with Crippen LogP contribution in [0.25, 0.3) is 0 Å². The van der Waals surface area contributed by atoms with Crippen LogP contribution in [-0.2, 0) is 11.2 Å². The molecule has 0 atom stereocenters. The van der Waals surface area contributed by atoms with Gasteiger partial charge in [0.2, 0.25) is 5.91 Å². The molecule has 142 valence electrons. The lowest BCUT2D eigenvalue weighted by molar-refractivity contribution is -0.119. The summed E-state index contributed by atoms with van der Waals surface area (Å²) < 4.78 is 14.5. The fourth-order valence-electron chi connectivity index (χ4n) is 2.02. The third-order valence-electron chi connectivity index (χ3n) is 3.23. The molecule has 0 unspecified atom stereocenters. The number of carbonyl (C=O) groups is 1. The van der Waals surface area contributed by atoms with Crippen LogP contribution in [0.2, 0.25) is 0 Å². The van der Waals surface area contributed by atoms with Gasteiger partial charge < -0.3 is 16.0 Å². The first-order valence-corrected chi connectivity index (χ1v) is 9.08. The van der Waals surface area contributed by atoms with Crippen molar-refractivity contribution in [3.05, 3.63) is 34.1 Å². The maximum absolute atomic E-state index is 13.7. The SMILES string of the molecule is CCCNC(=O)CN=C(NCC)NCCCc1ccc(Br)cc1F.I. The number of amides is 1. The summed E-state index contributed by atoms with van der Waals surface area (Å²) in [6.45, 7) is 6.09. The Morgan fingerprint density at radius 1 is 1.20 bits per heavy atom. The summed E-state index contributed by atoms with van der Waals surface area (Å²) in [7, 11) is 0. The van der Waals surface area contributed by atoms with Crippen molar-refractivity contribution in [3.8, 4) is 0 Å². The van der Waals surface area contributed by atoms with Crippen LogP contribution in [0.15, 0.2) is 27.7 Å². The first-order chi connectivity index (χ1) is 11.6. The zero-order valence-corrected chi connectivity index (χ0v) is 18.6. The lowest BCUT2D eigenvalue weighted by Crippen LogP contribution is -2.39. The van der Waals surface area contributed by atoms with Gasteiger partial charge in [-0.1, -0.05) is 28.9 Å². The summed E-state index contributed by atoms with van der Waals surface area (Å²) in [6.07, 6.45) is 2.31. The normalized spacial score (nSPS) is 10.8. The smallest absolute Gasteiger partial charge is 0.241 e. The molecule has 0 aliphatic rings. The van der Waals surface area contributed by atoms with Crippen LogP contribution in [-0.4, -0.2) is 38.0 Å². The quantitative estimate of drug-likeness (QED) is 0.199. The minimum Gasteiger partial charge on any atom is -0.357 e. The number of guanidine groups is 1. The van der Waals surface area contributed by atoms with Gasteiger partial charge in [0.1, 0.15) is 12.4 Å². The fourth-order valence-corrected chi connectivity index (χ4v) is 2.36. The number of nitrogens with one attached hydrogen (secondary N) is 3. The number of hydrogen-bond acceptors (Lipinski definition) is 2. The molecule has 0 radical (unpaired) electrons. The van der Waals surface area contributed by atoms with E-state index in [2.05, 4.69) is 36.9 Å². The number of halogens is 3. The molecule has 5 nitrogen and oxygen atoms in total. The summed E-state index contributed by atoms with van der Waals surface area (Å²) in [5.41, 5.74) is 0.695. The standard InChI is InChI=1S/C17H26BrFN4O.HI/c1-3-9-21-16(24)12-23-17(20-4-2)22-10-5-6-13-7-8-14(18)11-15(13)19;/h7-8,11H,3-6,9-10,12H2,1-2H3,(H,21,24)(H2,20,22,23);1H. The molecule has 0 aliphatic carbocycles. The average Bonchev–Trinajstić information content (AvgIpc) is 2.56. The van der Waals surface area contributed by atoms with Crippen molar-refractivity contribution in [2.24, 2.45) is 4.99 Å². The molecule has 0 spiro atoms. The summed E-state index contributed by atoms with van der Waals surface area (Å²) >= 11 is 3.25. The number of rotatable bonds is 9. The molecule has 8 heteroatoms. The van der Waals surface area contributed by atoms with E-state index in [0.717, 1.165) is 17.3 Å². The van der Waals surface area contributed by atoms with Crippen LogP contribution in [0.4, 0.5) is 4.39 Å². The maximum atomic E-state index is 13.7. The zero-order chi connectivity index (χ0) is 17.8. The second-order valence-corrected chi connectivity index (χ2v) is 6.23. The van der Waals surface area contributed by atoms with Gasteiger partial charge in [-0.05, 0) is 43.9 Å². The molecular weight excluding hydrogens is 502 g/mol. The van der Waals surface area contributed by atoms with Crippen LogP contribution < -0.4 is 16.0 Å². The van der Waals surface area contributed by atoms with Crippen molar-refractivity contribution < 1.29 is 9.18 Å². The first-order valence-electron chi connectivity index (χ1n) is 8.29. The van der Waals surface area contributed by atoms with E-state index < -0.39 is 0 Å². The minimum atomic E-state index is -0.197. The van der Waals surface area contributed by atoms with Crippen LogP contribution >= 0.6 is 39.9 Å². The fraction of sp³-hybridized carbons (Fsp3) is 0.529. The van der Waals surface area contributed by atoms with Gasteiger partial charge in [-0.3, -0.25) is 4.79 Å². The van der Waals surface area contributed by atoms with E-state index in [1.54, 1.807) is 6.07 Å². The molecule has 1 amide bonds. The highest BCUT2D eigenvalue weighted by molar-refractivity contribution is 14.0.